The lowest BCUT2D eigenvalue weighted by Gasteiger charge is -2.24. The van der Waals surface area contributed by atoms with E-state index in [1.165, 1.54) is 47.8 Å². The van der Waals surface area contributed by atoms with Gasteiger partial charge in [0.2, 0.25) is 23.6 Å². The van der Waals surface area contributed by atoms with Crippen LogP contribution in [0.4, 0.5) is 0 Å². The van der Waals surface area contributed by atoms with Crippen LogP contribution in [0.5, 0.6) is 5.75 Å². The number of phenolic OH excluding ortho intramolecular Hbond substituents is 1. The zero-order valence-electron chi connectivity index (χ0n) is 43.1. The quantitative estimate of drug-likeness (QED) is 0.0303. The number of carbonyl (C=O) groups is 11. The van der Waals surface area contributed by atoms with E-state index in [-0.39, 0.29) is 37.9 Å². The van der Waals surface area contributed by atoms with Crippen molar-refractivity contribution in [2.75, 3.05) is 24.0 Å². The second kappa shape index (κ2) is 31.7. The molecule has 4 rings (SSSR count). The fourth-order valence-electron chi connectivity index (χ4n) is 8.72. The molecule has 0 spiro atoms. The molecule has 0 radical (unpaired) electrons. The Bertz CT molecular complexity index is 2700. The number of aromatic nitrogens is 1. The minimum Gasteiger partial charge on any atom is -0.508 e. The lowest BCUT2D eigenvalue weighted by Crippen LogP contribution is -2.48. The Kier molecular flexibility index (Phi) is 25.6. The first kappa shape index (κ1) is 62.2. The molecule has 20 nitrogen and oxygen atoms in total. The van der Waals surface area contributed by atoms with Crippen molar-refractivity contribution in [3.63, 3.8) is 0 Å². The number of carboxylic acids is 3. The summed E-state index contributed by atoms with van der Waals surface area (Å²) in [4.78, 5) is 148. The van der Waals surface area contributed by atoms with Crippen LogP contribution in [0.25, 0.3) is 10.9 Å². The Morgan fingerprint density at radius 2 is 1.04 bits per heavy atom. The molecular formula is C55H67N5O15S2. The predicted molar refractivity (Wildman–Crippen MR) is 289 cm³/mol. The molecule has 0 aliphatic carbocycles. The summed E-state index contributed by atoms with van der Waals surface area (Å²) in [6, 6.07) is 16.1. The first-order valence-corrected chi connectivity index (χ1v) is 27.8. The zero-order chi connectivity index (χ0) is 56.6. The summed E-state index contributed by atoms with van der Waals surface area (Å²) in [5.74, 6) is -12.5. The zero-order valence-corrected chi connectivity index (χ0v) is 44.8. The molecule has 0 fully saturated rings. The van der Waals surface area contributed by atoms with Gasteiger partial charge in [-0.25, -0.2) is 0 Å². The molecule has 7 atom stereocenters. The van der Waals surface area contributed by atoms with Gasteiger partial charge in [0, 0.05) is 74.4 Å². The number of hydrogen-bond acceptors (Lipinski definition) is 14. The van der Waals surface area contributed by atoms with Crippen LogP contribution in [0.1, 0.15) is 81.4 Å². The summed E-state index contributed by atoms with van der Waals surface area (Å²) < 4.78 is 0. The van der Waals surface area contributed by atoms with Crippen molar-refractivity contribution >= 4 is 99.1 Å². The van der Waals surface area contributed by atoms with Crippen molar-refractivity contribution in [2.45, 2.75) is 108 Å². The van der Waals surface area contributed by atoms with E-state index in [1.54, 1.807) is 55.1 Å². The number of aromatic amines is 1. The van der Waals surface area contributed by atoms with E-state index in [4.69, 9.17) is 0 Å². The minimum atomic E-state index is -1.62. The van der Waals surface area contributed by atoms with E-state index < -0.39 is 152 Å². The van der Waals surface area contributed by atoms with E-state index >= 15 is 0 Å². The standard InChI is InChI=1S/C55H67N5O15S2/c1-32(61)57-44(29-51(68)69)48(65)27-36(23-34-13-15-39(62)16-14-34)54(73)59-42(20-22-77-3)46(63)17-18-50(67)58-43(25-38-31-56-41-12-8-7-11-40(38)41)47(64)26-35(19-21-76-2)53(72)60-45(30-52(70)71)49(66)28-37(55(74)75)24-33-9-5-4-6-10-33/h4-16,31,35-37,42-45,56,62H,17-30H2,1-3H3,(H,57,61)(H,58,67)(H,59,73)(H,60,72)(H,68,69)(H,70,71)(H,74,75)/t35-,36-,37-,42+,43+,44+,45+/m1/s1. The number of amides is 4. The van der Waals surface area contributed by atoms with Crippen LogP contribution in [0, 0.1) is 17.8 Å². The number of para-hydroxylation sites is 1. The Hall–Kier alpha value is -7.33. The van der Waals surface area contributed by atoms with Gasteiger partial charge in [-0.3, -0.25) is 52.7 Å². The molecule has 0 aliphatic rings. The highest BCUT2D eigenvalue weighted by Gasteiger charge is 2.35. The van der Waals surface area contributed by atoms with Gasteiger partial charge < -0.3 is 46.7 Å². The second-order valence-electron chi connectivity index (χ2n) is 18.8. The minimum absolute atomic E-state index is 0.0257. The maximum absolute atomic E-state index is 14.5. The van der Waals surface area contributed by atoms with E-state index in [0.717, 1.165) is 17.8 Å². The first-order chi connectivity index (χ1) is 36.7. The third-order valence-electron chi connectivity index (χ3n) is 12.8. The summed E-state index contributed by atoms with van der Waals surface area (Å²) in [5.41, 5.74) is 2.55. The summed E-state index contributed by atoms with van der Waals surface area (Å²) in [6.07, 6.45) is 1.31. The van der Waals surface area contributed by atoms with Crippen molar-refractivity contribution in [3.8, 4) is 5.75 Å². The fraction of sp³-hybridized carbons (Fsp3) is 0.436. The highest BCUT2D eigenvalue weighted by Crippen LogP contribution is 2.24. The smallest absolute Gasteiger partial charge is 0.307 e. The van der Waals surface area contributed by atoms with E-state index in [1.807, 2.05) is 18.2 Å². The largest absolute Gasteiger partial charge is 0.508 e. The maximum Gasteiger partial charge on any atom is 0.307 e. The van der Waals surface area contributed by atoms with Gasteiger partial charge in [0.1, 0.15) is 5.75 Å². The van der Waals surface area contributed by atoms with E-state index in [0.29, 0.717) is 28.2 Å². The fourth-order valence-corrected chi connectivity index (χ4v) is 9.71. The lowest BCUT2D eigenvalue weighted by atomic mass is 9.90. The van der Waals surface area contributed by atoms with Gasteiger partial charge in [0.25, 0.3) is 0 Å². The number of nitrogens with one attached hydrogen (secondary N) is 5. The number of Topliss-reactive ketones (excluding diaryl/α,β-unsaturated/α-hetero) is 4. The summed E-state index contributed by atoms with van der Waals surface area (Å²) in [5, 5.41) is 50.0. The number of fused-ring (bicyclic) bond motifs is 1. The van der Waals surface area contributed by atoms with Gasteiger partial charge in [-0.1, -0.05) is 60.7 Å². The molecule has 22 heteroatoms. The molecule has 0 saturated carbocycles. The number of carbonyl (C=O) groups excluding carboxylic acids is 8. The number of aromatic hydroxyl groups is 1. The van der Waals surface area contributed by atoms with Crippen LogP contribution >= 0.6 is 23.5 Å². The average molecular weight is 1100 g/mol. The average Bonchev–Trinajstić information content (AvgIpc) is 3.80. The monoisotopic (exact) mass is 1100 g/mol. The van der Waals surface area contributed by atoms with Crippen LogP contribution < -0.4 is 21.3 Å². The van der Waals surface area contributed by atoms with Crippen LogP contribution in [0.3, 0.4) is 0 Å². The highest BCUT2D eigenvalue weighted by molar-refractivity contribution is 7.98. The molecule has 1 heterocycles. The van der Waals surface area contributed by atoms with Gasteiger partial charge in [0.15, 0.2) is 23.1 Å². The van der Waals surface area contributed by atoms with Crippen LogP contribution in [-0.4, -0.2) is 138 Å². The number of benzene rings is 3. The van der Waals surface area contributed by atoms with Crippen molar-refractivity contribution in [1.29, 1.82) is 0 Å². The number of aliphatic carboxylic acids is 3. The van der Waals surface area contributed by atoms with E-state index in [2.05, 4.69) is 26.3 Å². The maximum atomic E-state index is 14.5. The molecule has 9 N–H and O–H groups in total. The molecule has 0 aliphatic heterocycles. The van der Waals surface area contributed by atoms with Crippen LogP contribution in [0.15, 0.2) is 85.1 Å². The number of H-pyrrole nitrogens is 1. The molecule has 77 heavy (non-hydrogen) atoms. The molecular weight excluding hydrogens is 1030 g/mol. The summed E-state index contributed by atoms with van der Waals surface area (Å²) in [6.45, 7) is 1.11. The highest BCUT2D eigenvalue weighted by atomic mass is 32.2. The normalized spacial score (nSPS) is 13.9. The predicted octanol–water partition coefficient (Wildman–Crippen LogP) is 4.48. The SMILES string of the molecule is CSCC[C@H](CC(=O)[C@H](Cc1c[nH]c2ccccc12)NC(=O)CCC(=O)[C@H](CCSC)NC(=O)[C@@H](CC(=O)[C@H](CC(=O)O)NC(C)=O)Cc1ccc(O)cc1)C(=O)N[C@@H](CC(=O)O)C(=O)C[C@@H](Cc1ccccc1)C(=O)O. The van der Waals surface area contributed by atoms with E-state index in [9.17, 15) is 73.2 Å². The molecule has 0 saturated heterocycles. The lowest BCUT2D eigenvalue weighted by molar-refractivity contribution is -0.145. The van der Waals surface area contributed by atoms with Crippen molar-refractivity contribution in [1.82, 2.24) is 26.3 Å². The number of thioether (sulfide) groups is 2. The summed E-state index contributed by atoms with van der Waals surface area (Å²) >= 11 is 2.75. The Labute approximate surface area is 454 Å². The molecule has 414 valence electrons. The molecule has 1 aromatic heterocycles. The third kappa shape index (κ3) is 21.3. The first-order valence-electron chi connectivity index (χ1n) is 25.0. The Morgan fingerprint density at radius 1 is 0.519 bits per heavy atom. The van der Waals surface area contributed by atoms with Crippen molar-refractivity contribution in [3.05, 3.63) is 102 Å². The van der Waals surface area contributed by atoms with Gasteiger partial charge in [-0.2, -0.15) is 23.5 Å². The second-order valence-corrected chi connectivity index (χ2v) is 20.8. The molecule has 4 aromatic rings. The van der Waals surface area contributed by atoms with Gasteiger partial charge >= 0.3 is 17.9 Å². The van der Waals surface area contributed by atoms with Gasteiger partial charge in [0.05, 0.1) is 42.9 Å². The summed E-state index contributed by atoms with van der Waals surface area (Å²) in [7, 11) is 0. The Morgan fingerprint density at radius 3 is 1.65 bits per heavy atom. The molecule has 0 bridgehead atoms. The van der Waals surface area contributed by atoms with Crippen molar-refractivity contribution < 1.29 is 73.2 Å². The number of carboxylic acid groups (broad SMARTS) is 3. The number of phenols is 1. The van der Waals surface area contributed by atoms with Crippen LogP contribution in [0.2, 0.25) is 0 Å². The van der Waals surface area contributed by atoms with Gasteiger partial charge in [-0.05, 0) is 84.6 Å². The van der Waals surface area contributed by atoms with Crippen molar-refractivity contribution in [2.24, 2.45) is 17.8 Å². The number of ketones is 4. The molecule has 4 amide bonds. The molecule has 0 unspecified atom stereocenters. The topological polar surface area (TPSA) is 333 Å². The Balaban J connectivity index is 1.54. The molecule has 3 aromatic carbocycles. The van der Waals surface area contributed by atoms with Crippen LogP contribution in [-0.2, 0) is 72.0 Å². The van der Waals surface area contributed by atoms with Gasteiger partial charge in [-0.15, -0.1) is 0 Å². The number of rotatable bonds is 36. The third-order valence-corrected chi connectivity index (χ3v) is 14.1. The number of hydrogen-bond donors (Lipinski definition) is 9.